The Morgan fingerprint density at radius 3 is 2.34 bits per heavy atom. The molecule has 4 rings (SSSR count). The molecule has 1 amide bonds. The van der Waals surface area contributed by atoms with Crippen molar-refractivity contribution in [2.75, 3.05) is 30.9 Å². The van der Waals surface area contributed by atoms with Crippen molar-refractivity contribution in [2.24, 2.45) is 0 Å². The summed E-state index contributed by atoms with van der Waals surface area (Å²) >= 11 is 0. The summed E-state index contributed by atoms with van der Waals surface area (Å²) in [5, 5.41) is 0. The van der Waals surface area contributed by atoms with Crippen molar-refractivity contribution in [3.63, 3.8) is 0 Å². The molecule has 0 spiro atoms. The molecule has 0 aliphatic carbocycles. The number of nitrogens with one attached hydrogen (secondary N) is 1. The van der Waals surface area contributed by atoms with E-state index >= 15 is 0 Å². The molecule has 1 N–H and O–H groups in total. The summed E-state index contributed by atoms with van der Waals surface area (Å²) in [6.45, 7) is 3.51. The van der Waals surface area contributed by atoms with Gasteiger partial charge < -0.3 is 4.90 Å². The SMILES string of the molecule is O=C(c1cncc(NS(=O)(=O)c2ccc(F)cc2)c1)N1CCN(Cc2ccccc2)CC1. The average Bonchev–Trinajstić information content (AvgIpc) is 2.80. The van der Waals surface area contributed by atoms with Crippen molar-refractivity contribution in [2.45, 2.75) is 11.4 Å². The van der Waals surface area contributed by atoms with Crippen molar-refractivity contribution in [3.8, 4) is 0 Å². The van der Waals surface area contributed by atoms with Gasteiger partial charge in [-0.1, -0.05) is 30.3 Å². The molecule has 0 saturated carbocycles. The minimum atomic E-state index is -3.92. The fraction of sp³-hybridized carbons (Fsp3) is 0.217. The highest BCUT2D eigenvalue weighted by molar-refractivity contribution is 7.92. The van der Waals surface area contributed by atoms with Gasteiger partial charge in [0.15, 0.2) is 0 Å². The lowest BCUT2D eigenvalue weighted by atomic mass is 10.2. The van der Waals surface area contributed by atoms with Crippen LogP contribution in [0.15, 0.2) is 78.0 Å². The van der Waals surface area contributed by atoms with E-state index in [1.807, 2.05) is 18.2 Å². The zero-order valence-electron chi connectivity index (χ0n) is 17.3. The monoisotopic (exact) mass is 454 g/mol. The standard InChI is InChI=1S/C23H23FN4O3S/c24-20-6-8-22(9-7-20)32(30,31)26-21-14-19(15-25-16-21)23(29)28-12-10-27(11-13-28)17-18-4-2-1-3-5-18/h1-9,14-16,26H,10-13,17H2. The van der Waals surface area contributed by atoms with Gasteiger partial charge in [-0.25, -0.2) is 12.8 Å². The summed E-state index contributed by atoms with van der Waals surface area (Å²) in [7, 11) is -3.92. The van der Waals surface area contributed by atoms with Crippen molar-refractivity contribution in [1.82, 2.24) is 14.8 Å². The fourth-order valence-corrected chi connectivity index (χ4v) is 4.61. The van der Waals surface area contributed by atoms with E-state index in [2.05, 4.69) is 26.7 Å². The van der Waals surface area contributed by atoms with Crippen molar-refractivity contribution in [1.29, 1.82) is 0 Å². The molecular formula is C23H23FN4O3S. The van der Waals surface area contributed by atoms with E-state index in [0.29, 0.717) is 18.7 Å². The van der Waals surface area contributed by atoms with Crippen LogP contribution in [-0.2, 0) is 16.6 Å². The van der Waals surface area contributed by atoms with E-state index in [0.717, 1.165) is 31.8 Å². The molecule has 32 heavy (non-hydrogen) atoms. The maximum atomic E-state index is 13.1. The van der Waals surface area contributed by atoms with Gasteiger partial charge in [0.2, 0.25) is 0 Å². The molecule has 3 aromatic rings. The van der Waals surface area contributed by atoms with Gasteiger partial charge in [-0.2, -0.15) is 0 Å². The van der Waals surface area contributed by atoms with Gasteiger partial charge in [-0.15, -0.1) is 0 Å². The van der Waals surface area contributed by atoms with Crippen molar-refractivity contribution in [3.05, 3.63) is 90.0 Å². The van der Waals surface area contributed by atoms with Crippen LogP contribution in [0.1, 0.15) is 15.9 Å². The number of benzene rings is 2. The fourth-order valence-electron chi connectivity index (χ4n) is 3.57. The minimum Gasteiger partial charge on any atom is -0.336 e. The second-order valence-electron chi connectivity index (χ2n) is 7.58. The number of nitrogens with zero attached hydrogens (tertiary/aromatic N) is 3. The van der Waals surface area contributed by atoms with Gasteiger partial charge in [-0.3, -0.25) is 19.4 Å². The predicted octanol–water partition coefficient (Wildman–Crippen LogP) is 2.98. The smallest absolute Gasteiger partial charge is 0.261 e. The summed E-state index contributed by atoms with van der Waals surface area (Å²) < 4.78 is 40.5. The molecule has 7 nitrogen and oxygen atoms in total. The molecule has 1 aromatic heterocycles. The van der Waals surface area contributed by atoms with Crippen LogP contribution in [0.4, 0.5) is 10.1 Å². The molecule has 0 radical (unpaired) electrons. The topological polar surface area (TPSA) is 82.6 Å². The van der Waals surface area contributed by atoms with Crippen LogP contribution in [0.25, 0.3) is 0 Å². The molecule has 1 fully saturated rings. The lowest BCUT2D eigenvalue weighted by molar-refractivity contribution is 0.0628. The number of halogens is 1. The largest absolute Gasteiger partial charge is 0.336 e. The molecule has 2 heterocycles. The molecule has 0 bridgehead atoms. The van der Waals surface area contributed by atoms with Gasteiger partial charge in [-0.05, 0) is 35.9 Å². The molecular weight excluding hydrogens is 431 g/mol. The second-order valence-corrected chi connectivity index (χ2v) is 9.26. The van der Waals surface area contributed by atoms with E-state index in [1.54, 1.807) is 4.90 Å². The zero-order valence-corrected chi connectivity index (χ0v) is 18.1. The zero-order chi connectivity index (χ0) is 22.6. The summed E-state index contributed by atoms with van der Waals surface area (Å²) in [6.07, 6.45) is 2.75. The summed E-state index contributed by atoms with van der Waals surface area (Å²) in [5.41, 5.74) is 1.71. The molecule has 1 saturated heterocycles. The second kappa shape index (κ2) is 9.46. The number of piperazine rings is 1. The van der Waals surface area contributed by atoms with Crippen molar-refractivity contribution >= 4 is 21.6 Å². The molecule has 2 aromatic carbocycles. The number of amides is 1. The Hall–Kier alpha value is -3.30. The van der Waals surface area contributed by atoms with E-state index in [-0.39, 0.29) is 16.5 Å². The number of sulfonamides is 1. The highest BCUT2D eigenvalue weighted by Gasteiger charge is 2.23. The highest BCUT2D eigenvalue weighted by Crippen LogP contribution is 2.18. The van der Waals surface area contributed by atoms with Gasteiger partial charge in [0.05, 0.1) is 22.3 Å². The first-order valence-electron chi connectivity index (χ1n) is 10.2. The van der Waals surface area contributed by atoms with Crippen LogP contribution < -0.4 is 4.72 Å². The molecule has 1 aliphatic rings. The Morgan fingerprint density at radius 1 is 0.969 bits per heavy atom. The van der Waals surface area contributed by atoms with Crippen LogP contribution in [-0.4, -0.2) is 55.3 Å². The number of rotatable bonds is 6. The lowest BCUT2D eigenvalue weighted by Crippen LogP contribution is -2.48. The molecule has 0 unspecified atom stereocenters. The van der Waals surface area contributed by atoms with E-state index in [9.17, 15) is 17.6 Å². The van der Waals surface area contributed by atoms with Crippen LogP contribution >= 0.6 is 0 Å². The quantitative estimate of drug-likeness (QED) is 0.619. The van der Waals surface area contributed by atoms with Crippen LogP contribution in [0.3, 0.4) is 0 Å². The van der Waals surface area contributed by atoms with Crippen LogP contribution in [0.5, 0.6) is 0 Å². The number of pyridine rings is 1. The van der Waals surface area contributed by atoms with Gasteiger partial charge in [0, 0.05) is 38.9 Å². The third-order valence-corrected chi connectivity index (χ3v) is 6.67. The summed E-state index contributed by atoms with van der Waals surface area (Å²) in [6, 6.07) is 16.1. The number of hydrogen-bond donors (Lipinski definition) is 1. The Labute approximate surface area is 186 Å². The van der Waals surface area contributed by atoms with E-state index in [1.165, 1.54) is 36.2 Å². The first-order valence-corrected chi connectivity index (χ1v) is 11.7. The first kappa shape index (κ1) is 21.9. The van der Waals surface area contributed by atoms with Gasteiger partial charge >= 0.3 is 0 Å². The Balaban J connectivity index is 1.39. The highest BCUT2D eigenvalue weighted by atomic mass is 32.2. The Kier molecular flexibility index (Phi) is 6.48. The number of anilines is 1. The lowest BCUT2D eigenvalue weighted by Gasteiger charge is -2.34. The van der Waals surface area contributed by atoms with E-state index < -0.39 is 15.8 Å². The van der Waals surface area contributed by atoms with E-state index in [4.69, 9.17) is 0 Å². The average molecular weight is 455 g/mol. The Bertz CT molecular complexity index is 1180. The molecule has 166 valence electrons. The van der Waals surface area contributed by atoms with Crippen LogP contribution in [0, 0.1) is 5.82 Å². The summed E-state index contributed by atoms with van der Waals surface area (Å²) in [5.74, 6) is -0.721. The van der Waals surface area contributed by atoms with Gasteiger partial charge in [0.1, 0.15) is 5.82 Å². The number of hydrogen-bond acceptors (Lipinski definition) is 5. The van der Waals surface area contributed by atoms with Crippen LogP contribution in [0.2, 0.25) is 0 Å². The normalized spacial score (nSPS) is 14.8. The third-order valence-electron chi connectivity index (χ3n) is 5.27. The predicted molar refractivity (Wildman–Crippen MR) is 119 cm³/mol. The third kappa shape index (κ3) is 5.30. The number of aromatic nitrogens is 1. The summed E-state index contributed by atoms with van der Waals surface area (Å²) in [4.78, 5) is 20.9. The molecule has 9 heteroatoms. The first-order chi connectivity index (χ1) is 15.4. The van der Waals surface area contributed by atoms with Crippen molar-refractivity contribution < 1.29 is 17.6 Å². The minimum absolute atomic E-state index is 0.0785. The number of carbonyl (C=O) groups excluding carboxylic acids is 1. The van der Waals surface area contributed by atoms with Gasteiger partial charge in [0.25, 0.3) is 15.9 Å². The number of carbonyl (C=O) groups is 1. The Morgan fingerprint density at radius 2 is 1.66 bits per heavy atom. The molecule has 1 aliphatic heterocycles. The maximum absolute atomic E-state index is 13.1. The maximum Gasteiger partial charge on any atom is 0.261 e. The molecule has 0 atom stereocenters.